The molecule has 2 N–H and O–H groups in total. The van der Waals surface area contributed by atoms with Gasteiger partial charge in [0.2, 0.25) is 23.9 Å². The minimum Gasteiger partial charge on any atom is -0.457 e. The van der Waals surface area contributed by atoms with Crippen molar-refractivity contribution < 1.29 is 100 Å². The molecule has 13 aromatic carbocycles. The van der Waals surface area contributed by atoms with Crippen LogP contribution in [0.15, 0.2) is 243 Å². The maximum Gasteiger partial charge on any atom is 0.417 e. The third kappa shape index (κ3) is 14.9. The molecule has 2 aliphatic heterocycles. The van der Waals surface area contributed by atoms with Crippen LogP contribution < -0.4 is 29.6 Å². The van der Waals surface area contributed by atoms with E-state index in [1.54, 1.807) is 97.1 Å². The van der Waals surface area contributed by atoms with Gasteiger partial charge in [-0.05, 0) is 155 Å². The van der Waals surface area contributed by atoms with Crippen molar-refractivity contribution in [2.24, 2.45) is 11.8 Å². The molecule has 0 spiro atoms. The number of rotatable bonds is 20. The molecule has 6 amide bonds. The zero-order valence-electron chi connectivity index (χ0n) is 63.1. The van der Waals surface area contributed by atoms with Gasteiger partial charge in [-0.15, -0.1) is 0 Å². The van der Waals surface area contributed by atoms with Crippen LogP contribution in [0.25, 0.3) is 87.6 Å². The third-order valence-electron chi connectivity index (χ3n) is 22.9. The van der Waals surface area contributed by atoms with Gasteiger partial charge in [-0.3, -0.25) is 38.6 Å². The molecule has 2 aliphatic carbocycles. The number of benzene rings is 13. The highest BCUT2D eigenvalue weighted by Gasteiger charge is 2.61. The second kappa shape index (κ2) is 31.2. The quantitative estimate of drug-likeness (QED) is 0.0324. The van der Waals surface area contributed by atoms with Crippen LogP contribution in [0.3, 0.4) is 0 Å². The fourth-order valence-electron chi connectivity index (χ4n) is 17.4. The number of alkyl halides is 12. The molecule has 2 atom stereocenters. The molecule has 17 rings (SSSR count). The molecule has 608 valence electrons. The van der Waals surface area contributed by atoms with Crippen LogP contribution in [0.4, 0.5) is 52.7 Å². The highest BCUT2D eigenvalue weighted by molar-refractivity contribution is 6.45. The van der Waals surface area contributed by atoms with E-state index in [1.807, 2.05) is 121 Å². The van der Waals surface area contributed by atoms with Crippen LogP contribution >= 0.6 is 0 Å². The molecule has 2 fully saturated rings. The second-order valence-electron chi connectivity index (χ2n) is 30.4. The van der Waals surface area contributed by atoms with Crippen LogP contribution in [0, 0.1) is 11.8 Å². The largest absolute Gasteiger partial charge is 0.457 e. The molecular formula is C94H68F12N4O10. The SMILES string of the molecule is O=C(NC(C(F)(F)F)C(F)(F)F)C(C1CCCCC1)N1C(=O)c2cc(Oc3ccc(-c4ccccc4)cc3)c3c4c(Oc5ccc(-c6ccccc6)cc5)cc5c6c(cc(Oc7ccc(-c8ccccc8)cc7)c(c7c(Oc8ccc(-c9ccccc9)cc8)cc(c2c37)C1=O)c64)C(=O)N(C(C(=O)NC(C(F)(F)F)C(F)(F)F)C1CCCCC1)C5=O. The van der Waals surface area contributed by atoms with Crippen molar-refractivity contribution in [3.63, 3.8) is 0 Å². The normalized spacial score (nSPS) is 15.6. The molecule has 2 heterocycles. The summed E-state index contributed by atoms with van der Waals surface area (Å²) in [4.78, 5) is 97.2. The number of hydrogen-bond acceptors (Lipinski definition) is 10. The number of carbonyl (C=O) groups is 6. The first-order valence-electron chi connectivity index (χ1n) is 38.9. The van der Waals surface area contributed by atoms with E-state index in [-0.39, 0.29) is 140 Å². The Morgan fingerprint density at radius 2 is 0.492 bits per heavy atom. The van der Waals surface area contributed by atoms with Crippen molar-refractivity contribution in [2.75, 3.05) is 0 Å². The highest BCUT2D eigenvalue weighted by atomic mass is 19.4. The number of carbonyl (C=O) groups excluding carboxylic acids is 6. The van der Waals surface area contributed by atoms with E-state index in [9.17, 15) is 52.7 Å². The molecule has 120 heavy (non-hydrogen) atoms. The maximum absolute atomic E-state index is 16.6. The topological polar surface area (TPSA) is 170 Å². The Bertz CT molecular complexity index is 5440. The summed E-state index contributed by atoms with van der Waals surface area (Å²) in [5.41, 5.74) is 3.73. The number of amides is 6. The highest BCUT2D eigenvalue weighted by Crippen LogP contribution is 2.59. The lowest BCUT2D eigenvalue weighted by Gasteiger charge is -2.40. The molecular weight excluding hydrogens is 1570 g/mol. The summed E-state index contributed by atoms with van der Waals surface area (Å²) >= 11 is 0. The molecule has 13 aromatic rings. The van der Waals surface area contributed by atoms with Gasteiger partial charge in [0.15, 0.2) is 0 Å². The summed E-state index contributed by atoms with van der Waals surface area (Å²) in [7, 11) is 0. The first-order valence-corrected chi connectivity index (χ1v) is 38.9. The van der Waals surface area contributed by atoms with Gasteiger partial charge in [0, 0.05) is 43.1 Å². The predicted molar refractivity (Wildman–Crippen MR) is 425 cm³/mol. The Morgan fingerprint density at radius 1 is 0.283 bits per heavy atom. The van der Waals surface area contributed by atoms with E-state index in [1.165, 1.54) is 24.3 Å². The van der Waals surface area contributed by atoms with Gasteiger partial charge in [-0.2, -0.15) is 52.7 Å². The van der Waals surface area contributed by atoms with E-state index >= 15 is 28.8 Å². The summed E-state index contributed by atoms with van der Waals surface area (Å²) in [6.45, 7) is 0. The van der Waals surface area contributed by atoms with Crippen molar-refractivity contribution in [2.45, 2.75) is 113 Å². The first-order chi connectivity index (χ1) is 57.5. The summed E-state index contributed by atoms with van der Waals surface area (Å²) in [5, 5.41) is 0.913. The number of hydrogen-bond donors (Lipinski definition) is 2. The summed E-state index contributed by atoms with van der Waals surface area (Å²) in [6.07, 6.45) is -22.6. The van der Waals surface area contributed by atoms with Crippen LogP contribution in [-0.4, -0.2) is 94.1 Å². The Balaban J connectivity index is 1.01. The van der Waals surface area contributed by atoms with E-state index in [2.05, 4.69) is 0 Å². The van der Waals surface area contributed by atoms with Gasteiger partial charge in [0.05, 0.1) is 22.3 Å². The van der Waals surface area contributed by atoms with E-state index < -0.39 is 118 Å². The van der Waals surface area contributed by atoms with Gasteiger partial charge in [0.25, 0.3) is 23.6 Å². The number of halogens is 12. The number of ether oxygens (including phenoxy) is 4. The van der Waals surface area contributed by atoms with Gasteiger partial charge in [0.1, 0.15) is 58.1 Å². The average Bonchev–Trinajstić information content (AvgIpc) is 0.669. The molecule has 4 aliphatic rings. The number of nitrogens with one attached hydrogen (secondary N) is 2. The molecule has 2 saturated carbocycles. The van der Waals surface area contributed by atoms with Crippen molar-refractivity contribution >= 4 is 78.5 Å². The van der Waals surface area contributed by atoms with Gasteiger partial charge in [-0.1, -0.05) is 208 Å². The molecule has 14 nitrogen and oxygen atoms in total. The summed E-state index contributed by atoms with van der Waals surface area (Å²) < 4.78 is 206. The van der Waals surface area contributed by atoms with Crippen LogP contribution in [0.1, 0.15) is 106 Å². The minimum absolute atomic E-state index is 0.0212. The monoisotopic (exact) mass is 1640 g/mol. The van der Waals surface area contributed by atoms with Crippen molar-refractivity contribution in [3.05, 3.63) is 265 Å². The molecule has 0 saturated heterocycles. The number of nitrogens with zero attached hydrogens (tertiary/aromatic N) is 2. The second-order valence-corrected chi connectivity index (χ2v) is 30.4. The average molecular weight is 1640 g/mol. The van der Waals surface area contributed by atoms with Crippen LogP contribution in [0.2, 0.25) is 0 Å². The molecule has 0 radical (unpaired) electrons. The number of fused-ring (bicyclic) bond motifs is 2. The van der Waals surface area contributed by atoms with Crippen molar-refractivity contribution in [1.29, 1.82) is 0 Å². The fourth-order valence-corrected chi connectivity index (χ4v) is 17.4. The van der Waals surface area contributed by atoms with Gasteiger partial charge >= 0.3 is 24.7 Å². The molecule has 0 bridgehead atoms. The fraction of sp³-hybridized carbons (Fsp3) is 0.213. The van der Waals surface area contributed by atoms with Gasteiger partial charge in [-0.25, -0.2) is 0 Å². The first kappa shape index (κ1) is 79.2. The summed E-state index contributed by atoms with van der Waals surface area (Å²) in [6, 6.07) is 53.7. The zero-order chi connectivity index (χ0) is 83.8. The van der Waals surface area contributed by atoms with Crippen molar-refractivity contribution in [1.82, 2.24) is 20.4 Å². The maximum atomic E-state index is 16.6. The Labute approximate surface area is 676 Å². The molecule has 0 aromatic heterocycles. The van der Waals surface area contributed by atoms with E-state index in [0.29, 0.717) is 44.9 Å². The Hall–Kier alpha value is -13.3. The Morgan fingerprint density at radius 3 is 0.700 bits per heavy atom. The van der Waals surface area contributed by atoms with Crippen LogP contribution in [0.5, 0.6) is 46.0 Å². The molecule has 26 heteroatoms. The smallest absolute Gasteiger partial charge is 0.417 e. The molecule has 2 unspecified atom stereocenters. The standard InChI is InChI=1S/C94H68F12N4O10/c95-91(96,97)89(92(98,99)100)107-83(111)81(59-27-15-5-16-28-59)109-85(113)65-47-69(117-61-39-31-55(32-40-61)51-19-7-1-8-20-51)75-76-70(118-62-41-33-56(34-42-62)52-21-9-2-10-22-52)48-67-74-68(88(116)110(87(67)115)82(60-29-17-6-18-30-60)84(112)108-90(93(101,102)103)94(104,105)106)50-72(120-64-45-37-58(38-46-64)54-25-13-4-14-26-54)78(80(74)76)77-71(49-66(86(109)114)73(65)79(75)77)119-63-43-35-57(36-44-63)53-23-11-3-12-24-53/h1-4,7-14,19-26,31-50,59-60,81-82,89-90H,5-6,15-18,27-30H2,(H,107,111)(H,108,112). The lowest BCUT2D eigenvalue weighted by Crippen LogP contribution is -2.62. The number of imide groups is 2. The van der Waals surface area contributed by atoms with E-state index in [4.69, 9.17) is 18.9 Å². The minimum atomic E-state index is -6.14. The third-order valence-corrected chi connectivity index (χ3v) is 22.9. The van der Waals surface area contributed by atoms with Crippen LogP contribution in [-0.2, 0) is 9.59 Å². The van der Waals surface area contributed by atoms with Gasteiger partial charge < -0.3 is 29.6 Å². The summed E-state index contributed by atoms with van der Waals surface area (Å²) in [5.74, 6) is -13.2. The predicted octanol–water partition coefficient (Wildman–Crippen LogP) is 23.9. The lowest BCUT2D eigenvalue weighted by atomic mass is 9.78. The van der Waals surface area contributed by atoms with E-state index in [0.717, 1.165) is 32.9 Å². The van der Waals surface area contributed by atoms with Crippen molar-refractivity contribution in [3.8, 4) is 90.5 Å². The Kier molecular flexibility index (Phi) is 20.6. The lowest BCUT2D eigenvalue weighted by molar-refractivity contribution is -0.259. The zero-order valence-corrected chi connectivity index (χ0v) is 63.1.